The predicted octanol–water partition coefficient (Wildman–Crippen LogP) is 0.381. The van der Waals surface area contributed by atoms with Crippen LogP contribution in [0.5, 0.6) is 0 Å². The van der Waals surface area contributed by atoms with Crippen LogP contribution < -0.4 is 5.32 Å². The number of sulfonamides is 1. The van der Waals surface area contributed by atoms with Gasteiger partial charge in [0.15, 0.2) is 0 Å². The van der Waals surface area contributed by atoms with E-state index < -0.39 is 10.0 Å². The van der Waals surface area contributed by atoms with Gasteiger partial charge in [0.25, 0.3) is 0 Å². The van der Waals surface area contributed by atoms with Gasteiger partial charge in [-0.05, 0) is 18.4 Å². The lowest BCUT2D eigenvalue weighted by molar-refractivity contribution is -0.120. The van der Waals surface area contributed by atoms with Gasteiger partial charge in [0.05, 0.1) is 12.3 Å². The maximum atomic E-state index is 12.2. The lowest BCUT2D eigenvalue weighted by Gasteiger charge is -2.18. The SMILES string of the molecule is O=C1CN(S(=O)(=O)CCc2ccccc2)CCCN1. The fourth-order valence-electron chi connectivity index (χ4n) is 2.04. The van der Waals surface area contributed by atoms with Crippen molar-refractivity contribution in [1.29, 1.82) is 0 Å². The third kappa shape index (κ3) is 4.04. The summed E-state index contributed by atoms with van der Waals surface area (Å²) in [6.45, 7) is 0.899. The summed E-state index contributed by atoms with van der Waals surface area (Å²) in [6, 6.07) is 9.50. The number of hydrogen-bond acceptors (Lipinski definition) is 3. The molecular weight excluding hydrogens is 264 g/mol. The zero-order chi connectivity index (χ0) is 13.7. The van der Waals surface area contributed by atoms with Gasteiger partial charge < -0.3 is 5.32 Å². The molecule has 1 aliphatic heterocycles. The maximum Gasteiger partial charge on any atom is 0.235 e. The van der Waals surface area contributed by atoms with Crippen LogP contribution in [0.25, 0.3) is 0 Å². The fourth-order valence-corrected chi connectivity index (χ4v) is 3.51. The number of amides is 1. The molecule has 0 aliphatic carbocycles. The van der Waals surface area contributed by atoms with Gasteiger partial charge in [0, 0.05) is 13.1 Å². The van der Waals surface area contributed by atoms with E-state index in [4.69, 9.17) is 0 Å². The standard InChI is InChI=1S/C13H18N2O3S/c16-13-11-15(9-4-8-14-13)19(17,18)10-7-12-5-2-1-3-6-12/h1-3,5-6H,4,7-11H2,(H,14,16). The first-order valence-corrected chi connectivity index (χ1v) is 7.97. The summed E-state index contributed by atoms with van der Waals surface area (Å²) in [4.78, 5) is 11.4. The lowest BCUT2D eigenvalue weighted by atomic mass is 10.2. The van der Waals surface area contributed by atoms with Crippen LogP contribution in [0.1, 0.15) is 12.0 Å². The van der Waals surface area contributed by atoms with Gasteiger partial charge in [-0.1, -0.05) is 30.3 Å². The third-order valence-corrected chi connectivity index (χ3v) is 4.93. The molecular formula is C13H18N2O3S. The Kier molecular flexibility index (Phi) is 4.55. The average Bonchev–Trinajstić information content (AvgIpc) is 2.63. The van der Waals surface area contributed by atoms with Crippen LogP contribution in [0.2, 0.25) is 0 Å². The van der Waals surface area contributed by atoms with Crippen LogP contribution in [0.3, 0.4) is 0 Å². The van der Waals surface area contributed by atoms with E-state index in [-0.39, 0.29) is 18.2 Å². The molecule has 1 aliphatic rings. The number of hydrogen-bond donors (Lipinski definition) is 1. The van der Waals surface area contributed by atoms with Crippen molar-refractivity contribution >= 4 is 15.9 Å². The summed E-state index contributed by atoms with van der Waals surface area (Å²) in [5.74, 6) is -0.176. The van der Waals surface area contributed by atoms with Crippen molar-refractivity contribution in [2.75, 3.05) is 25.4 Å². The minimum atomic E-state index is -3.37. The molecule has 1 aromatic carbocycles. The molecule has 2 rings (SSSR count). The van der Waals surface area contributed by atoms with E-state index in [1.54, 1.807) is 0 Å². The van der Waals surface area contributed by atoms with Crippen LogP contribution in [0.15, 0.2) is 30.3 Å². The largest absolute Gasteiger partial charge is 0.355 e. The van der Waals surface area contributed by atoms with Gasteiger partial charge >= 0.3 is 0 Å². The highest BCUT2D eigenvalue weighted by Gasteiger charge is 2.25. The maximum absolute atomic E-state index is 12.2. The van der Waals surface area contributed by atoms with E-state index in [1.165, 1.54) is 4.31 Å². The second-order valence-corrected chi connectivity index (χ2v) is 6.68. The normalized spacial score (nSPS) is 17.8. The summed E-state index contributed by atoms with van der Waals surface area (Å²) in [5.41, 5.74) is 0.991. The van der Waals surface area contributed by atoms with Crippen molar-refractivity contribution in [2.24, 2.45) is 0 Å². The molecule has 1 aromatic rings. The zero-order valence-corrected chi connectivity index (χ0v) is 11.5. The molecule has 0 atom stereocenters. The molecule has 1 amide bonds. The molecule has 1 fully saturated rings. The van der Waals surface area contributed by atoms with Crippen LogP contribution in [-0.2, 0) is 21.2 Å². The first kappa shape index (κ1) is 14.0. The Balaban J connectivity index is 1.99. The molecule has 19 heavy (non-hydrogen) atoms. The molecule has 0 bridgehead atoms. The Bertz CT molecular complexity index is 528. The van der Waals surface area contributed by atoms with E-state index >= 15 is 0 Å². The first-order valence-electron chi connectivity index (χ1n) is 6.36. The predicted molar refractivity (Wildman–Crippen MR) is 73.1 cm³/mol. The molecule has 6 heteroatoms. The molecule has 1 N–H and O–H groups in total. The molecule has 1 heterocycles. The van der Waals surface area contributed by atoms with Crippen molar-refractivity contribution in [3.8, 4) is 0 Å². The zero-order valence-electron chi connectivity index (χ0n) is 10.7. The third-order valence-electron chi connectivity index (χ3n) is 3.11. The molecule has 104 valence electrons. The number of carbonyl (C=O) groups excluding carboxylic acids is 1. The summed E-state index contributed by atoms with van der Waals surface area (Å²) < 4.78 is 25.7. The highest BCUT2D eigenvalue weighted by atomic mass is 32.2. The van der Waals surface area contributed by atoms with E-state index in [2.05, 4.69) is 5.32 Å². The Hall–Kier alpha value is -1.40. The summed E-state index contributed by atoms with van der Waals surface area (Å²) in [6.07, 6.45) is 1.14. The van der Waals surface area contributed by atoms with Crippen molar-refractivity contribution < 1.29 is 13.2 Å². The summed E-state index contributed by atoms with van der Waals surface area (Å²) in [5, 5.41) is 2.68. The number of nitrogens with one attached hydrogen (secondary N) is 1. The molecule has 0 radical (unpaired) electrons. The Morgan fingerprint density at radius 3 is 2.68 bits per heavy atom. The quantitative estimate of drug-likeness (QED) is 0.868. The van der Waals surface area contributed by atoms with Crippen LogP contribution in [-0.4, -0.2) is 44.0 Å². The number of rotatable bonds is 4. The second-order valence-electron chi connectivity index (χ2n) is 4.59. The molecule has 1 saturated heterocycles. The molecule has 0 saturated carbocycles. The van der Waals surface area contributed by atoms with E-state index in [9.17, 15) is 13.2 Å². The summed E-state index contributed by atoms with van der Waals surface area (Å²) >= 11 is 0. The van der Waals surface area contributed by atoms with Crippen LogP contribution in [0.4, 0.5) is 0 Å². The number of carbonyl (C=O) groups is 1. The molecule has 0 unspecified atom stereocenters. The van der Waals surface area contributed by atoms with E-state index in [1.807, 2.05) is 30.3 Å². The summed E-state index contributed by atoms with van der Waals surface area (Å²) in [7, 11) is -3.37. The second kappa shape index (κ2) is 6.16. The molecule has 0 spiro atoms. The monoisotopic (exact) mass is 282 g/mol. The van der Waals surface area contributed by atoms with Gasteiger partial charge in [-0.2, -0.15) is 4.31 Å². The van der Waals surface area contributed by atoms with Gasteiger partial charge in [-0.3, -0.25) is 4.79 Å². The van der Waals surface area contributed by atoms with E-state index in [0.29, 0.717) is 25.9 Å². The Morgan fingerprint density at radius 1 is 1.21 bits per heavy atom. The minimum absolute atomic E-state index is 0.0459. The van der Waals surface area contributed by atoms with Gasteiger partial charge in [-0.15, -0.1) is 0 Å². The Labute approximate surface area is 113 Å². The smallest absolute Gasteiger partial charge is 0.235 e. The van der Waals surface area contributed by atoms with Crippen molar-refractivity contribution in [3.63, 3.8) is 0 Å². The minimum Gasteiger partial charge on any atom is -0.355 e. The molecule has 5 nitrogen and oxygen atoms in total. The number of benzene rings is 1. The first-order chi connectivity index (χ1) is 9.08. The van der Waals surface area contributed by atoms with Crippen molar-refractivity contribution in [1.82, 2.24) is 9.62 Å². The van der Waals surface area contributed by atoms with Gasteiger partial charge in [0.1, 0.15) is 0 Å². The topological polar surface area (TPSA) is 66.5 Å². The number of nitrogens with zero attached hydrogens (tertiary/aromatic N) is 1. The van der Waals surface area contributed by atoms with Crippen LogP contribution in [0, 0.1) is 0 Å². The van der Waals surface area contributed by atoms with Gasteiger partial charge in [-0.25, -0.2) is 8.42 Å². The highest BCUT2D eigenvalue weighted by Crippen LogP contribution is 2.08. The van der Waals surface area contributed by atoms with Gasteiger partial charge in [0.2, 0.25) is 15.9 Å². The van der Waals surface area contributed by atoms with Crippen LogP contribution >= 0.6 is 0 Å². The Morgan fingerprint density at radius 2 is 1.95 bits per heavy atom. The highest BCUT2D eigenvalue weighted by molar-refractivity contribution is 7.89. The average molecular weight is 282 g/mol. The molecule has 0 aromatic heterocycles. The lowest BCUT2D eigenvalue weighted by Crippen LogP contribution is -2.38. The van der Waals surface area contributed by atoms with E-state index in [0.717, 1.165) is 5.56 Å². The number of aryl methyl sites for hydroxylation is 1. The fraction of sp³-hybridized carbons (Fsp3) is 0.462. The van der Waals surface area contributed by atoms with Crippen molar-refractivity contribution in [3.05, 3.63) is 35.9 Å². The van der Waals surface area contributed by atoms with Crippen molar-refractivity contribution in [2.45, 2.75) is 12.8 Å².